The highest BCUT2D eigenvalue weighted by Gasteiger charge is 2.38. The summed E-state index contributed by atoms with van der Waals surface area (Å²) in [6.07, 6.45) is 1.60. The van der Waals surface area contributed by atoms with E-state index in [0.29, 0.717) is 13.1 Å². The van der Waals surface area contributed by atoms with Gasteiger partial charge in [0, 0.05) is 32.7 Å². The lowest BCUT2D eigenvalue weighted by atomic mass is 10.1. The maximum atomic E-state index is 12.3. The molecule has 1 aromatic carbocycles. The number of hydrogen-bond acceptors (Lipinski definition) is 4. The first-order valence-corrected chi connectivity index (χ1v) is 9.19. The van der Waals surface area contributed by atoms with Crippen molar-refractivity contribution in [1.29, 1.82) is 0 Å². The predicted octanol–water partition coefficient (Wildman–Crippen LogP) is 1.79. The number of aryl methyl sites for hydroxylation is 1. The molecule has 3 rings (SSSR count). The van der Waals surface area contributed by atoms with Gasteiger partial charge in [-0.15, -0.1) is 0 Å². The van der Waals surface area contributed by atoms with Crippen LogP contribution < -0.4 is 5.32 Å². The number of amides is 3. The van der Waals surface area contributed by atoms with Crippen molar-refractivity contribution >= 4 is 11.9 Å². The van der Waals surface area contributed by atoms with Gasteiger partial charge in [0.2, 0.25) is 0 Å². The van der Waals surface area contributed by atoms with Crippen molar-refractivity contribution in [2.45, 2.75) is 39.3 Å². The van der Waals surface area contributed by atoms with Crippen LogP contribution in [0.3, 0.4) is 0 Å². The molecule has 0 saturated carbocycles. The molecule has 0 aliphatic carbocycles. The number of nitrogens with one attached hydrogen (secondary N) is 1. The zero-order valence-electron chi connectivity index (χ0n) is 15.2. The van der Waals surface area contributed by atoms with Gasteiger partial charge in [-0.2, -0.15) is 0 Å². The topological polar surface area (TPSA) is 55.9 Å². The number of urea groups is 1. The summed E-state index contributed by atoms with van der Waals surface area (Å²) >= 11 is 0. The number of rotatable bonds is 6. The van der Waals surface area contributed by atoms with E-state index in [4.69, 9.17) is 0 Å². The molecule has 6 nitrogen and oxygen atoms in total. The highest BCUT2D eigenvalue weighted by Crippen LogP contribution is 2.15. The SMILES string of the molecule is CCC[C@@H]1NC(=O)N(CN2CCN(Cc3ccccc3C)CC2)C1=O. The third-order valence-corrected chi connectivity index (χ3v) is 5.15. The second kappa shape index (κ2) is 7.97. The number of nitrogens with zero attached hydrogens (tertiary/aromatic N) is 3. The van der Waals surface area contributed by atoms with Gasteiger partial charge >= 0.3 is 6.03 Å². The summed E-state index contributed by atoms with van der Waals surface area (Å²) in [5.41, 5.74) is 2.69. The van der Waals surface area contributed by atoms with Crippen LogP contribution in [0.2, 0.25) is 0 Å². The minimum Gasteiger partial charge on any atom is -0.326 e. The van der Waals surface area contributed by atoms with Crippen molar-refractivity contribution in [3.8, 4) is 0 Å². The number of carbonyl (C=O) groups is 2. The molecule has 0 spiro atoms. The predicted molar refractivity (Wildman–Crippen MR) is 97.0 cm³/mol. The van der Waals surface area contributed by atoms with Gasteiger partial charge in [-0.25, -0.2) is 9.69 Å². The molecule has 0 radical (unpaired) electrons. The van der Waals surface area contributed by atoms with E-state index in [-0.39, 0.29) is 18.0 Å². The molecule has 2 saturated heterocycles. The van der Waals surface area contributed by atoms with E-state index in [2.05, 4.69) is 46.3 Å². The first kappa shape index (κ1) is 17.9. The van der Waals surface area contributed by atoms with Gasteiger partial charge in [0.25, 0.3) is 5.91 Å². The van der Waals surface area contributed by atoms with Crippen LogP contribution in [-0.4, -0.2) is 65.5 Å². The Labute approximate surface area is 149 Å². The van der Waals surface area contributed by atoms with Gasteiger partial charge in [0.15, 0.2) is 0 Å². The Morgan fingerprint density at radius 1 is 1.08 bits per heavy atom. The highest BCUT2D eigenvalue weighted by atomic mass is 16.2. The van der Waals surface area contributed by atoms with E-state index in [9.17, 15) is 9.59 Å². The molecule has 2 aliphatic heterocycles. The molecule has 0 bridgehead atoms. The number of imide groups is 1. The average molecular weight is 344 g/mol. The fraction of sp³-hybridized carbons (Fsp3) is 0.579. The Morgan fingerprint density at radius 2 is 1.76 bits per heavy atom. The molecule has 1 aromatic rings. The molecular weight excluding hydrogens is 316 g/mol. The van der Waals surface area contributed by atoms with Gasteiger partial charge in [-0.1, -0.05) is 37.6 Å². The Kier molecular flexibility index (Phi) is 5.71. The van der Waals surface area contributed by atoms with Crippen LogP contribution in [0, 0.1) is 6.92 Å². The van der Waals surface area contributed by atoms with Crippen LogP contribution >= 0.6 is 0 Å². The van der Waals surface area contributed by atoms with E-state index in [0.717, 1.165) is 39.1 Å². The van der Waals surface area contributed by atoms with Crippen molar-refractivity contribution in [3.05, 3.63) is 35.4 Å². The molecule has 2 aliphatic rings. The summed E-state index contributed by atoms with van der Waals surface area (Å²) in [4.78, 5) is 30.4. The van der Waals surface area contributed by atoms with E-state index < -0.39 is 0 Å². The fourth-order valence-electron chi connectivity index (χ4n) is 3.51. The lowest BCUT2D eigenvalue weighted by molar-refractivity contribution is -0.129. The first-order chi connectivity index (χ1) is 12.1. The second-order valence-electron chi connectivity index (χ2n) is 7.02. The van der Waals surface area contributed by atoms with E-state index in [1.165, 1.54) is 16.0 Å². The van der Waals surface area contributed by atoms with Crippen molar-refractivity contribution in [3.63, 3.8) is 0 Å². The summed E-state index contributed by atoms with van der Waals surface area (Å²) in [7, 11) is 0. The van der Waals surface area contributed by atoms with Crippen molar-refractivity contribution in [2.24, 2.45) is 0 Å². The molecular formula is C19H28N4O2. The quantitative estimate of drug-likeness (QED) is 0.800. The van der Waals surface area contributed by atoms with E-state index in [1.807, 2.05) is 6.92 Å². The summed E-state index contributed by atoms with van der Waals surface area (Å²) in [5.74, 6) is -0.0748. The van der Waals surface area contributed by atoms with Gasteiger partial charge in [0.1, 0.15) is 6.04 Å². The normalized spacial score (nSPS) is 22.5. The minimum absolute atomic E-state index is 0.0748. The largest absolute Gasteiger partial charge is 0.326 e. The number of benzene rings is 1. The standard InChI is InChI=1S/C19H28N4O2/c1-3-6-17-18(24)23(19(25)20-17)14-22-11-9-21(10-12-22)13-16-8-5-4-7-15(16)2/h4-5,7-8,17H,3,6,9-14H2,1-2H3,(H,20,25)/t17-/m0/s1. The summed E-state index contributed by atoms with van der Waals surface area (Å²) < 4.78 is 0. The van der Waals surface area contributed by atoms with Crippen LogP contribution in [0.4, 0.5) is 4.79 Å². The Morgan fingerprint density at radius 3 is 2.44 bits per heavy atom. The molecule has 136 valence electrons. The van der Waals surface area contributed by atoms with Crippen LogP contribution in [-0.2, 0) is 11.3 Å². The first-order valence-electron chi connectivity index (χ1n) is 9.19. The molecule has 0 unspecified atom stereocenters. The number of carbonyl (C=O) groups excluding carboxylic acids is 2. The summed E-state index contributed by atoms with van der Waals surface area (Å²) in [6, 6.07) is 7.91. The van der Waals surface area contributed by atoms with Crippen LogP contribution in [0.25, 0.3) is 0 Å². The average Bonchev–Trinajstić information content (AvgIpc) is 2.86. The third-order valence-electron chi connectivity index (χ3n) is 5.15. The lowest BCUT2D eigenvalue weighted by Gasteiger charge is -2.36. The van der Waals surface area contributed by atoms with Gasteiger partial charge in [-0.05, 0) is 24.5 Å². The lowest BCUT2D eigenvalue weighted by Crippen LogP contribution is -2.51. The van der Waals surface area contributed by atoms with Crippen LogP contribution in [0.1, 0.15) is 30.9 Å². The molecule has 6 heteroatoms. The Hall–Kier alpha value is -1.92. The van der Waals surface area contributed by atoms with E-state index >= 15 is 0 Å². The van der Waals surface area contributed by atoms with Crippen molar-refractivity contribution in [1.82, 2.24) is 20.0 Å². The molecule has 1 atom stereocenters. The fourth-order valence-corrected chi connectivity index (χ4v) is 3.51. The molecule has 2 heterocycles. The molecule has 0 aromatic heterocycles. The molecule has 3 amide bonds. The van der Waals surface area contributed by atoms with Gasteiger partial charge in [0.05, 0.1) is 6.67 Å². The second-order valence-corrected chi connectivity index (χ2v) is 7.02. The van der Waals surface area contributed by atoms with Crippen molar-refractivity contribution < 1.29 is 9.59 Å². The number of piperazine rings is 1. The highest BCUT2D eigenvalue weighted by molar-refractivity contribution is 6.04. The van der Waals surface area contributed by atoms with E-state index in [1.54, 1.807) is 0 Å². The van der Waals surface area contributed by atoms with Crippen LogP contribution in [0.5, 0.6) is 0 Å². The number of hydrogen-bond donors (Lipinski definition) is 1. The smallest absolute Gasteiger partial charge is 0.325 e. The molecule has 25 heavy (non-hydrogen) atoms. The molecule has 1 N–H and O–H groups in total. The Bertz CT molecular complexity index is 626. The minimum atomic E-state index is -0.333. The zero-order chi connectivity index (χ0) is 17.8. The Balaban J connectivity index is 1.49. The maximum Gasteiger partial charge on any atom is 0.325 e. The van der Waals surface area contributed by atoms with Crippen molar-refractivity contribution in [2.75, 3.05) is 32.8 Å². The monoisotopic (exact) mass is 344 g/mol. The zero-order valence-corrected chi connectivity index (χ0v) is 15.2. The summed E-state index contributed by atoms with van der Waals surface area (Å²) in [6.45, 7) is 9.20. The maximum absolute atomic E-state index is 12.3. The summed E-state index contributed by atoms with van der Waals surface area (Å²) in [5, 5.41) is 2.79. The van der Waals surface area contributed by atoms with Gasteiger partial charge in [-0.3, -0.25) is 14.6 Å². The third kappa shape index (κ3) is 4.19. The molecule has 2 fully saturated rings. The van der Waals surface area contributed by atoms with Crippen LogP contribution in [0.15, 0.2) is 24.3 Å². The van der Waals surface area contributed by atoms with Gasteiger partial charge < -0.3 is 5.32 Å².